The highest BCUT2D eigenvalue weighted by atomic mass is 15.2. The van der Waals surface area contributed by atoms with Crippen LogP contribution in [-0.2, 0) is 5.41 Å². The molecule has 0 saturated carbocycles. The number of hydrogen-bond donors (Lipinski definition) is 0. The van der Waals surface area contributed by atoms with Gasteiger partial charge in [0.2, 0.25) is 0 Å². The zero-order valence-electron chi connectivity index (χ0n) is 28.3. The van der Waals surface area contributed by atoms with E-state index in [1.165, 1.54) is 55.9 Å². The van der Waals surface area contributed by atoms with Crippen LogP contribution in [0.5, 0.6) is 0 Å². The summed E-state index contributed by atoms with van der Waals surface area (Å²) in [5.74, 6) is 0.336. The molecule has 0 heterocycles. The van der Waals surface area contributed by atoms with E-state index in [-0.39, 0.29) is 11.5 Å². The predicted molar refractivity (Wildman–Crippen MR) is 210 cm³/mol. The third-order valence-electron chi connectivity index (χ3n) is 11.2. The number of rotatable bonds is 7. The first kappa shape index (κ1) is 30.4. The molecule has 242 valence electrons. The van der Waals surface area contributed by atoms with Crippen molar-refractivity contribution < 1.29 is 0 Å². The smallest absolute Gasteiger partial charge is 0.0640 e. The highest BCUT2D eigenvalue weighted by molar-refractivity contribution is 5.92. The van der Waals surface area contributed by atoms with Crippen molar-refractivity contribution in [1.29, 1.82) is 0 Å². The van der Waals surface area contributed by atoms with E-state index in [0.29, 0.717) is 5.92 Å². The highest BCUT2D eigenvalue weighted by Gasteiger charge is 2.50. The third-order valence-corrected chi connectivity index (χ3v) is 11.2. The number of anilines is 2. The molecule has 5 aromatic rings. The average molecular weight is 644 g/mol. The lowest BCUT2D eigenvalue weighted by molar-refractivity contribution is 0.623. The molecule has 9 rings (SSSR count). The van der Waals surface area contributed by atoms with E-state index in [4.69, 9.17) is 0 Å². The van der Waals surface area contributed by atoms with E-state index in [0.717, 1.165) is 25.7 Å². The number of nitrogens with zero attached hydrogens (tertiary/aromatic N) is 1. The van der Waals surface area contributed by atoms with Crippen molar-refractivity contribution in [1.82, 2.24) is 0 Å². The average Bonchev–Trinajstić information content (AvgIpc) is 3.51. The highest BCUT2D eigenvalue weighted by Crippen LogP contribution is 2.62. The first-order chi connectivity index (χ1) is 24.8. The molecule has 0 amide bonds. The Hall–Kier alpha value is -5.66. The van der Waals surface area contributed by atoms with Crippen molar-refractivity contribution in [2.24, 2.45) is 0 Å². The largest absolute Gasteiger partial charge is 0.334 e. The molecule has 1 heteroatoms. The Morgan fingerprint density at radius 2 is 1.20 bits per heavy atom. The van der Waals surface area contributed by atoms with Gasteiger partial charge in [0.15, 0.2) is 0 Å². The van der Waals surface area contributed by atoms with Gasteiger partial charge in [-0.15, -0.1) is 0 Å². The summed E-state index contributed by atoms with van der Waals surface area (Å²) in [5.41, 5.74) is 14.8. The van der Waals surface area contributed by atoms with Crippen LogP contribution in [0.1, 0.15) is 53.9 Å². The van der Waals surface area contributed by atoms with Gasteiger partial charge in [0.05, 0.1) is 11.5 Å². The lowest BCUT2D eigenvalue weighted by Gasteiger charge is -2.40. The molecule has 1 nitrogen and oxygen atoms in total. The van der Waals surface area contributed by atoms with Crippen LogP contribution in [-0.4, -0.2) is 6.04 Å². The first-order valence-electron chi connectivity index (χ1n) is 18.1. The maximum absolute atomic E-state index is 2.51. The quantitative estimate of drug-likeness (QED) is 0.171. The Kier molecular flexibility index (Phi) is 7.90. The summed E-state index contributed by atoms with van der Waals surface area (Å²) in [5, 5.41) is 0. The molecule has 0 N–H and O–H groups in total. The van der Waals surface area contributed by atoms with Crippen LogP contribution >= 0.6 is 0 Å². The minimum absolute atomic E-state index is 0.279. The molecule has 5 aromatic carbocycles. The number of fused-ring (bicyclic) bond motifs is 1. The molecular formula is C49H41N. The van der Waals surface area contributed by atoms with Crippen LogP contribution in [0, 0.1) is 0 Å². The second-order valence-corrected chi connectivity index (χ2v) is 13.8. The van der Waals surface area contributed by atoms with Gasteiger partial charge in [-0.2, -0.15) is 0 Å². The van der Waals surface area contributed by atoms with Crippen LogP contribution in [0.3, 0.4) is 0 Å². The van der Waals surface area contributed by atoms with Gasteiger partial charge in [-0.1, -0.05) is 164 Å². The number of hydrogen-bond acceptors (Lipinski definition) is 1. The van der Waals surface area contributed by atoms with Gasteiger partial charge in [0.25, 0.3) is 0 Å². The predicted octanol–water partition coefficient (Wildman–Crippen LogP) is 12.2. The minimum atomic E-state index is -0.310. The Morgan fingerprint density at radius 3 is 1.84 bits per heavy atom. The Morgan fingerprint density at radius 1 is 0.580 bits per heavy atom. The van der Waals surface area contributed by atoms with Gasteiger partial charge in [0, 0.05) is 17.3 Å². The molecular weight excluding hydrogens is 603 g/mol. The number of allylic oxidation sites excluding steroid dienone is 10. The molecule has 4 aliphatic carbocycles. The van der Waals surface area contributed by atoms with Crippen LogP contribution in [0.15, 0.2) is 210 Å². The van der Waals surface area contributed by atoms with Crippen molar-refractivity contribution >= 4 is 16.9 Å². The van der Waals surface area contributed by atoms with Crippen molar-refractivity contribution in [3.05, 3.63) is 233 Å². The van der Waals surface area contributed by atoms with E-state index in [2.05, 4.69) is 193 Å². The van der Waals surface area contributed by atoms with Crippen molar-refractivity contribution in [2.45, 2.75) is 43.1 Å². The van der Waals surface area contributed by atoms with Crippen molar-refractivity contribution in [3.63, 3.8) is 0 Å². The summed E-state index contributed by atoms with van der Waals surface area (Å²) < 4.78 is 0. The third kappa shape index (κ3) is 5.08. The van der Waals surface area contributed by atoms with Crippen molar-refractivity contribution in [3.8, 4) is 0 Å². The molecule has 50 heavy (non-hydrogen) atoms. The summed E-state index contributed by atoms with van der Waals surface area (Å²) in [7, 11) is 0. The summed E-state index contributed by atoms with van der Waals surface area (Å²) in [6, 6.07) is 54.2. The molecule has 2 unspecified atom stereocenters. The van der Waals surface area contributed by atoms with E-state index in [1.54, 1.807) is 5.57 Å². The Balaban J connectivity index is 1.19. The molecule has 0 aromatic heterocycles. The zero-order chi connectivity index (χ0) is 33.3. The molecule has 2 atom stereocenters. The van der Waals surface area contributed by atoms with Crippen LogP contribution in [0.2, 0.25) is 0 Å². The summed E-state index contributed by atoms with van der Waals surface area (Å²) >= 11 is 0. The zero-order valence-corrected chi connectivity index (χ0v) is 28.3. The maximum atomic E-state index is 2.51. The van der Waals surface area contributed by atoms with Crippen molar-refractivity contribution in [2.75, 3.05) is 4.90 Å². The minimum Gasteiger partial charge on any atom is -0.334 e. The van der Waals surface area contributed by atoms with Crippen LogP contribution in [0.4, 0.5) is 11.4 Å². The fourth-order valence-corrected chi connectivity index (χ4v) is 9.03. The van der Waals surface area contributed by atoms with Crippen LogP contribution in [0.25, 0.3) is 5.57 Å². The van der Waals surface area contributed by atoms with Gasteiger partial charge < -0.3 is 4.90 Å². The topological polar surface area (TPSA) is 3.24 Å². The SMILES string of the molecule is C1=CCC(N(c2ccccc2)c2ccc(C3=CCCC4=C3C3=C(CC(c5ccccc5)C=C3)C4(c3ccccc3)c3ccccc3)cc2)C=C1. The van der Waals surface area contributed by atoms with E-state index in [1.807, 2.05) is 0 Å². The van der Waals surface area contributed by atoms with Gasteiger partial charge in [-0.3, -0.25) is 0 Å². The fourth-order valence-electron chi connectivity index (χ4n) is 9.03. The lowest BCUT2D eigenvalue weighted by Crippen LogP contribution is -2.32. The molecule has 0 radical (unpaired) electrons. The monoisotopic (exact) mass is 643 g/mol. The normalized spacial score (nSPS) is 20.4. The fraction of sp³-hybridized carbons (Fsp3) is 0.143. The first-order valence-corrected chi connectivity index (χ1v) is 18.1. The van der Waals surface area contributed by atoms with E-state index >= 15 is 0 Å². The summed E-state index contributed by atoms with van der Waals surface area (Å²) in [4.78, 5) is 2.48. The Labute approximate surface area is 296 Å². The molecule has 4 aliphatic rings. The molecule has 0 fully saturated rings. The second kappa shape index (κ2) is 13.0. The molecule has 0 spiro atoms. The van der Waals surface area contributed by atoms with E-state index in [9.17, 15) is 0 Å². The number of para-hydroxylation sites is 1. The van der Waals surface area contributed by atoms with Gasteiger partial charge >= 0.3 is 0 Å². The van der Waals surface area contributed by atoms with E-state index < -0.39 is 0 Å². The standard InChI is InChI=1S/C49H41N/c1-6-17-36(18-7-1)38-31-34-45-47(35-38)49(39-19-8-2-9-20-39,40-21-10-3-11-22-40)46-28-16-27-44(48(45)46)37-29-32-43(33-30-37)50(41-23-12-4-13-24-41)42-25-14-5-15-26-42/h1-15,17-25,27,29-34,38,42H,16,26,28,35H2. The number of benzene rings is 5. The lowest BCUT2D eigenvalue weighted by atomic mass is 9.62. The second-order valence-electron chi connectivity index (χ2n) is 13.8. The maximum Gasteiger partial charge on any atom is 0.0640 e. The Bertz CT molecular complexity index is 2140. The molecule has 0 saturated heterocycles. The van der Waals surface area contributed by atoms with Gasteiger partial charge in [-0.05, 0) is 100 Å². The molecule has 0 aliphatic heterocycles. The summed E-state index contributed by atoms with van der Waals surface area (Å²) in [6.07, 6.45) is 20.4. The van der Waals surface area contributed by atoms with Crippen LogP contribution < -0.4 is 4.90 Å². The molecule has 0 bridgehead atoms. The van der Waals surface area contributed by atoms with Gasteiger partial charge in [0.1, 0.15) is 0 Å². The van der Waals surface area contributed by atoms with Gasteiger partial charge in [-0.25, -0.2) is 0 Å². The summed E-state index contributed by atoms with van der Waals surface area (Å²) in [6.45, 7) is 0.